The predicted octanol–water partition coefficient (Wildman–Crippen LogP) is 2.75. The molecule has 0 aliphatic carbocycles. The van der Waals surface area contributed by atoms with Crippen LogP contribution in [0.3, 0.4) is 0 Å². The Hall–Kier alpha value is -1.29. The zero-order valence-corrected chi connectivity index (χ0v) is 9.00. The van der Waals surface area contributed by atoms with Crippen molar-refractivity contribution in [3.63, 3.8) is 0 Å². The molecule has 2 heterocycles. The summed E-state index contributed by atoms with van der Waals surface area (Å²) in [5.74, 6) is 0. The molecule has 15 heavy (non-hydrogen) atoms. The van der Waals surface area contributed by atoms with Gasteiger partial charge in [-0.05, 0) is 12.1 Å². The van der Waals surface area contributed by atoms with Crippen molar-refractivity contribution in [1.82, 2.24) is 0 Å². The summed E-state index contributed by atoms with van der Waals surface area (Å²) in [6.07, 6.45) is 5.59. The van der Waals surface area contributed by atoms with Crippen molar-refractivity contribution in [3.8, 4) is 0 Å². The van der Waals surface area contributed by atoms with E-state index in [9.17, 15) is 0 Å². The molecule has 2 aliphatic rings. The molecule has 0 saturated carbocycles. The molecule has 0 bridgehead atoms. The van der Waals surface area contributed by atoms with Crippen LogP contribution >= 0.6 is 11.8 Å². The summed E-state index contributed by atoms with van der Waals surface area (Å²) in [6.45, 7) is 0. The summed E-state index contributed by atoms with van der Waals surface area (Å²) in [6, 6.07) is 8.41. The van der Waals surface area contributed by atoms with Gasteiger partial charge in [-0.3, -0.25) is 0 Å². The largest absolute Gasteiger partial charge is 0.369 e. The minimum absolute atomic E-state index is 0.0349. The Morgan fingerprint density at radius 3 is 2.60 bits per heavy atom. The fourth-order valence-corrected chi connectivity index (χ4v) is 3.15. The number of rotatable bonds is 0. The molecule has 1 spiro atoms. The topological polar surface area (TPSA) is 36.8 Å². The minimum Gasteiger partial charge on any atom is -0.369 e. The summed E-state index contributed by atoms with van der Waals surface area (Å²) >= 11 is 1.88. The van der Waals surface area contributed by atoms with E-state index in [1.54, 1.807) is 0 Å². The van der Waals surface area contributed by atoms with Crippen LogP contribution in [0.15, 0.2) is 39.4 Å². The van der Waals surface area contributed by atoms with E-state index in [0.29, 0.717) is 0 Å². The highest BCUT2D eigenvalue weighted by atomic mass is 32.2. The van der Waals surface area contributed by atoms with E-state index in [1.807, 2.05) is 24.2 Å². The van der Waals surface area contributed by atoms with E-state index in [1.165, 1.54) is 10.6 Å². The molecule has 1 N–H and O–H groups in total. The lowest BCUT2D eigenvalue weighted by Crippen LogP contribution is -2.31. The smallest absolute Gasteiger partial charge is 0.0981 e. The Morgan fingerprint density at radius 1 is 1.13 bits per heavy atom. The summed E-state index contributed by atoms with van der Waals surface area (Å²) in [7, 11) is 0. The first-order chi connectivity index (χ1) is 7.38. The van der Waals surface area contributed by atoms with Crippen LogP contribution in [-0.2, 0) is 0 Å². The first kappa shape index (κ1) is 8.97. The highest BCUT2D eigenvalue weighted by Crippen LogP contribution is 2.48. The van der Waals surface area contributed by atoms with Crippen molar-refractivity contribution in [1.29, 1.82) is 0 Å². The minimum atomic E-state index is 0.0349. The third kappa shape index (κ3) is 1.55. The zero-order valence-electron chi connectivity index (χ0n) is 8.18. The number of anilines is 1. The molecule has 3 rings (SSSR count). The average molecular weight is 217 g/mol. The van der Waals surface area contributed by atoms with Gasteiger partial charge in [-0.2, -0.15) is 10.2 Å². The van der Waals surface area contributed by atoms with E-state index < -0.39 is 0 Å². The van der Waals surface area contributed by atoms with Gasteiger partial charge in [0.1, 0.15) is 0 Å². The van der Waals surface area contributed by atoms with Gasteiger partial charge in [0.05, 0.1) is 4.87 Å². The first-order valence-corrected chi connectivity index (χ1v) is 5.79. The summed E-state index contributed by atoms with van der Waals surface area (Å²) < 4.78 is 0. The molecule has 76 valence electrons. The summed E-state index contributed by atoms with van der Waals surface area (Å²) in [4.78, 5) is 1.36. The van der Waals surface area contributed by atoms with Gasteiger partial charge >= 0.3 is 0 Å². The average Bonchev–Trinajstić information content (AvgIpc) is 2.45. The van der Waals surface area contributed by atoms with E-state index >= 15 is 0 Å². The van der Waals surface area contributed by atoms with E-state index in [0.717, 1.165) is 12.8 Å². The van der Waals surface area contributed by atoms with Crippen LogP contribution in [0.25, 0.3) is 0 Å². The van der Waals surface area contributed by atoms with Crippen LogP contribution in [0.1, 0.15) is 12.8 Å². The molecule has 0 amide bonds. The fourth-order valence-electron chi connectivity index (χ4n) is 1.88. The number of nitrogens with one attached hydrogen (secondary N) is 1. The Bertz CT molecular complexity index is 398. The second kappa shape index (κ2) is 3.38. The maximum Gasteiger partial charge on any atom is 0.0981 e. The number of nitrogens with zero attached hydrogens (tertiary/aromatic N) is 2. The molecule has 4 heteroatoms. The highest BCUT2D eigenvalue weighted by molar-refractivity contribution is 8.01. The Balaban J connectivity index is 1.94. The molecule has 2 aliphatic heterocycles. The van der Waals surface area contributed by atoms with Crippen molar-refractivity contribution in [3.05, 3.63) is 24.3 Å². The second-order valence-electron chi connectivity index (χ2n) is 3.72. The zero-order chi connectivity index (χ0) is 10.1. The highest BCUT2D eigenvalue weighted by Gasteiger charge is 2.36. The number of para-hydroxylation sites is 1. The standard InChI is InChI=1S/C11H11N3S/c1-2-4-10-9(3-1)14-11(15-10)5-7-12-13-8-6-11/h1-4,7-8,14H,5-6H2. The van der Waals surface area contributed by atoms with E-state index in [2.05, 4.69) is 39.8 Å². The number of hydrogen-bond acceptors (Lipinski definition) is 4. The van der Waals surface area contributed by atoms with Gasteiger partial charge in [-0.15, -0.1) is 0 Å². The second-order valence-corrected chi connectivity index (χ2v) is 5.15. The first-order valence-electron chi connectivity index (χ1n) is 4.98. The molecular weight excluding hydrogens is 206 g/mol. The predicted molar refractivity (Wildman–Crippen MR) is 64.9 cm³/mol. The quantitative estimate of drug-likeness (QED) is 0.725. The maximum atomic E-state index is 3.94. The lowest BCUT2D eigenvalue weighted by Gasteiger charge is -2.24. The van der Waals surface area contributed by atoms with Crippen molar-refractivity contribution >= 4 is 29.9 Å². The number of fused-ring (bicyclic) bond motifs is 1. The van der Waals surface area contributed by atoms with Crippen LogP contribution in [0.5, 0.6) is 0 Å². The third-order valence-electron chi connectivity index (χ3n) is 2.63. The molecule has 3 nitrogen and oxygen atoms in total. The van der Waals surface area contributed by atoms with Gasteiger partial charge in [0, 0.05) is 35.9 Å². The number of benzene rings is 1. The molecule has 1 aromatic carbocycles. The molecule has 0 fully saturated rings. The lowest BCUT2D eigenvalue weighted by atomic mass is 10.1. The van der Waals surface area contributed by atoms with Crippen molar-refractivity contribution in [2.24, 2.45) is 10.2 Å². The Kier molecular flexibility index (Phi) is 2.02. The van der Waals surface area contributed by atoms with Crippen LogP contribution < -0.4 is 5.32 Å². The van der Waals surface area contributed by atoms with Crippen molar-refractivity contribution in [2.45, 2.75) is 22.6 Å². The van der Waals surface area contributed by atoms with Gasteiger partial charge in [0.25, 0.3) is 0 Å². The Morgan fingerprint density at radius 2 is 1.87 bits per heavy atom. The number of thioether (sulfide) groups is 1. The van der Waals surface area contributed by atoms with Gasteiger partial charge in [-0.1, -0.05) is 23.9 Å². The normalized spacial score (nSPS) is 21.1. The number of hydrogen-bond donors (Lipinski definition) is 1. The lowest BCUT2D eigenvalue weighted by molar-refractivity contribution is 0.745. The maximum absolute atomic E-state index is 3.94. The van der Waals surface area contributed by atoms with E-state index in [4.69, 9.17) is 0 Å². The van der Waals surface area contributed by atoms with Crippen LogP contribution in [0.4, 0.5) is 5.69 Å². The molecule has 0 unspecified atom stereocenters. The van der Waals surface area contributed by atoms with Gasteiger partial charge < -0.3 is 5.32 Å². The van der Waals surface area contributed by atoms with Gasteiger partial charge in [0.2, 0.25) is 0 Å². The van der Waals surface area contributed by atoms with E-state index in [-0.39, 0.29) is 4.87 Å². The molecular formula is C11H11N3S. The molecule has 0 aromatic heterocycles. The summed E-state index contributed by atoms with van der Waals surface area (Å²) in [5.41, 5.74) is 1.23. The van der Waals surface area contributed by atoms with Crippen molar-refractivity contribution < 1.29 is 0 Å². The van der Waals surface area contributed by atoms with Crippen LogP contribution in [-0.4, -0.2) is 17.3 Å². The van der Waals surface area contributed by atoms with Crippen LogP contribution in [0, 0.1) is 0 Å². The van der Waals surface area contributed by atoms with Crippen molar-refractivity contribution in [2.75, 3.05) is 5.32 Å². The van der Waals surface area contributed by atoms with Gasteiger partial charge in [0.15, 0.2) is 0 Å². The monoisotopic (exact) mass is 217 g/mol. The Labute approximate surface area is 92.7 Å². The third-order valence-corrected chi connectivity index (χ3v) is 4.03. The SMILES string of the molecule is C1=NN=CCC2(C1)Nc1ccccc1S2. The van der Waals surface area contributed by atoms with Crippen LogP contribution in [0.2, 0.25) is 0 Å². The van der Waals surface area contributed by atoms with Gasteiger partial charge in [-0.25, -0.2) is 0 Å². The molecule has 0 atom stereocenters. The fraction of sp³-hybridized carbons (Fsp3) is 0.273. The molecule has 1 aromatic rings. The summed E-state index contributed by atoms with van der Waals surface area (Å²) in [5, 5.41) is 11.5. The molecule has 0 radical (unpaired) electrons. The molecule has 0 saturated heterocycles.